The Balaban J connectivity index is 2.03. The third-order valence-corrected chi connectivity index (χ3v) is 12.1. The topological polar surface area (TPSA) is 76.1 Å². The van der Waals surface area contributed by atoms with Crippen LogP contribution in [0.2, 0.25) is 18.1 Å². The lowest BCUT2D eigenvalue weighted by Crippen LogP contribution is -2.46. The van der Waals surface area contributed by atoms with E-state index in [1.807, 2.05) is 33.9 Å². The molecular weight excluding hydrogens is 579 g/mol. The molecular formula is C27H30F7NO5Si. The van der Waals surface area contributed by atoms with Crippen LogP contribution in [0.3, 0.4) is 0 Å². The van der Waals surface area contributed by atoms with E-state index in [0.29, 0.717) is 5.56 Å². The molecule has 0 aliphatic carbocycles. The summed E-state index contributed by atoms with van der Waals surface area (Å²) in [5, 5.41) is 9.68. The van der Waals surface area contributed by atoms with E-state index in [1.165, 1.54) is 12.1 Å². The number of amides is 1. The van der Waals surface area contributed by atoms with Gasteiger partial charge in [0.25, 0.3) is 0 Å². The van der Waals surface area contributed by atoms with E-state index in [-0.39, 0.29) is 29.8 Å². The zero-order valence-electron chi connectivity index (χ0n) is 22.9. The van der Waals surface area contributed by atoms with Gasteiger partial charge in [0.1, 0.15) is 11.9 Å². The summed E-state index contributed by atoms with van der Waals surface area (Å²) < 4.78 is 105. The Morgan fingerprint density at radius 1 is 0.951 bits per heavy atom. The van der Waals surface area contributed by atoms with Crippen molar-refractivity contribution in [3.63, 3.8) is 0 Å². The van der Waals surface area contributed by atoms with Gasteiger partial charge in [-0.1, -0.05) is 32.9 Å². The van der Waals surface area contributed by atoms with Gasteiger partial charge in [0, 0.05) is 5.92 Å². The van der Waals surface area contributed by atoms with Gasteiger partial charge in [0.15, 0.2) is 8.32 Å². The fourth-order valence-corrected chi connectivity index (χ4v) is 5.34. The maximum atomic E-state index is 13.7. The Kier molecular flexibility index (Phi) is 8.90. The maximum absolute atomic E-state index is 13.7. The van der Waals surface area contributed by atoms with E-state index in [4.69, 9.17) is 9.16 Å². The molecule has 0 unspecified atom stereocenters. The summed E-state index contributed by atoms with van der Waals surface area (Å²) in [6.45, 7) is 9.19. The third kappa shape index (κ3) is 7.39. The molecule has 3 atom stereocenters. The van der Waals surface area contributed by atoms with E-state index in [9.17, 15) is 45.4 Å². The molecule has 226 valence electrons. The van der Waals surface area contributed by atoms with Gasteiger partial charge in [0.05, 0.1) is 35.9 Å². The molecule has 1 fully saturated rings. The lowest BCUT2D eigenvalue weighted by Gasteiger charge is -2.38. The largest absolute Gasteiger partial charge is 0.465 e. The predicted octanol–water partition coefficient (Wildman–Crippen LogP) is 7.56. The molecule has 0 radical (unpaired) electrons. The summed E-state index contributed by atoms with van der Waals surface area (Å²) in [4.78, 5) is 26.2. The molecule has 1 aliphatic heterocycles. The first-order chi connectivity index (χ1) is 18.6. The lowest BCUT2D eigenvalue weighted by atomic mass is 9.90. The van der Waals surface area contributed by atoms with Gasteiger partial charge in [-0.15, -0.1) is 0 Å². The molecule has 1 amide bonds. The number of alkyl halides is 6. The van der Waals surface area contributed by atoms with Crippen molar-refractivity contribution in [1.82, 2.24) is 4.90 Å². The second-order valence-corrected chi connectivity index (χ2v) is 16.2. The first-order valence-corrected chi connectivity index (χ1v) is 15.4. The molecule has 0 bridgehead atoms. The van der Waals surface area contributed by atoms with E-state index in [2.05, 4.69) is 0 Å². The van der Waals surface area contributed by atoms with Crippen molar-refractivity contribution in [2.24, 2.45) is 0 Å². The van der Waals surface area contributed by atoms with Gasteiger partial charge in [-0.25, -0.2) is 14.0 Å². The number of hydrogen-bond acceptors (Lipinski definition) is 4. The number of esters is 1. The number of rotatable bonds is 6. The van der Waals surface area contributed by atoms with Crippen molar-refractivity contribution in [2.75, 3.05) is 13.2 Å². The van der Waals surface area contributed by atoms with Crippen LogP contribution in [0.5, 0.6) is 0 Å². The molecule has 14 heteroatoms. The van der Waals surface area contributed by atoms with Crippen LogP contribution in [0.15, 0.2) is 42.5 Å². The number of carboxylic acid groups (broad SMARTS) is 1. The van der Waals surface area contributed by atoms with Crippen LogP contribution in [-0.2, 0) is 21.5 Å². The van der Waals surface area contributed by atoms with Crippen molar-refractivity contribution < 1.29 is 54.6 Å². The average molecular weight is 610 g/mol. The number of likely N-dealkylation sites (tertiary alicyclic amines) is 1. The van der Waals surface area contributed by atoms with Crippen LogP contribution < -0.4 is 0 Å². The average Bonchev–Trinajstić information content (AvgIpc) is 3.19. The molecule has 1 saturated heterocycles. The molecule has 3 rings (SSSR count). The number of carbonyl (C=O) groups is 2. The molecule has 1 heterocycles. The van der Waals surface area contributed by atoms with E-state index >= 15 is 0 Å². The van der Waals surface area contributed by atoms with Crippen LogP contribution in [0.1, 0.15) is 53.7 Å². The minimum atomic E-state index is -5.19. The molecule has 1 N–H and O–H groups in total. The summed E-state index contributed by atoms with van der Waals surface area (Å²) in [6.07, 6.45) is -13.1. The molecule has 0 saturated carbocycles. The number of benzene rings is 2. The molecule has 6 nitrogen and oxygen atoms in total. The number of nitrogens with zero attached hydrogens (tertiary/aromatic N) is 1. The fraction of sp³-hybridized carbons (Fsp3) is 0.481. The zero-order chi connectivity index (χ0) is 31.1. The smallest absolute Gasteiger partial charge is 0.416 e. The molecule has 41 heavy (non-hydrogen) atoms. The highest BCUT2D eigenvalue weighted by atomic mass is 28.4. The summed E-state index contributed by atoms with van der Waals surface area (Å²) in [6, 6.07) is 4.30. The Morgan fingerprint density at radius 2 is 1.46 bits per heavy atom. The zero-order valence-corrected chi connectivity index (χ0v) is 23.9. The van der Waals surface area contributed by atoms with Gasteiger partial charge in [-0.3, -0.25) is 4.90 Å². The normalized spacial score (nSPS) is 20.3. The highest BCUT2D eigenvalue weighted by molar-refractivity contribution is 6.74. The quantitative estimate of drug-likeness (QED) is 0.208. The SMILES string of the molecule is CC(C)(C)[Si](C)(C)OC[C@H]1[C@H](c2ccc(F)cc2)[C@@H](OC(=O)c2cc(C(F)(F)F)cc(C(F)(F)F)c2)CN1C(=O)O. The molecule has 2 aromatic rings. The highest BCUT2D eigenvalue weighted by Gasteiger charge is 2.49. The standard InChI is InChI=1S/C27H30F7NO5Si/c1-25(2,3)41(4,5)39-14-20-22(15-6-8-19(28)9-7-15)21(13-35(20)24(37)38)40-23(36)16-10-17(26(29,30)31)12-18(11-16)27(32,33)34/h6-12,20-22H,13-14H2,1-5H3,(H,37,38)/t20-,21-,22-/m0/s1. The Hall–Kier alpha value is -3.13. The fourth-order valence-electron chi connectivity index (χ4n) is 4.32. The van der Waals surface area contributed by atoms with Gasteiger partial charge in [-0.05, 0) is 54.0 Å². The molecule has 1 aliphatic rings. The third-order valence-electron chi connectivity index (χ3n) is 7.60. The van der Waals surface area contributed by atoms with Gasteiger partial charge >= 0.3 is 24.4 Å². The number of carbonyl (C=O) groups excluding carboxylic acids is 1. The summed E-state index contributed by atoms with van der Waals surface area (Å²) in [7, 11) is -2.43. The van der Waals surface area contributed by atoms with Crippen molar-refractivity contribution in [3.8, 4) is 0 Å². The minimum Gasteiger partial charge on any atom is -0.465 e. The van der Waals surface area contributed by atoms with Crippen LogP contribution in [0, 0.1) is 5.82 Å². The van der Waals surface area contributed by atoms with Gasteiger partial charge < -0.3 is 14.3 Å². The van der Waals surface area contributed by atoms with Crippen LogP contribution in [0.25, 0.3) is 0 Å². The van der Waals surface area contributed by atoms with Crippen molar-refractivity contribution >= 4 is 20.4 Å². The molecule has 2 aromatic carbocycles. The van der Waals surface area contributed by atoms with Crippen molar-refractivity contribution in [3.05, 3.63) is 70.5 Å². The number of ether oxygens (including phenoxy) is 1. The molecule has 0 spiro atoms. The second-order valence-electron chi connectivity index (χ2n) is 11.4. The van der Waals surface area contributed by atoms with Crippen LogP contribution >= 0.6 is 0 Å². The van der Waals surface area contributed by atoms with E-state index < -0.39 is 79.8 Å². The maximum Gasteiger partial charge on any atom is 0.416 e. The highest BCUT2D eigenvalue weighted by Crippen LogP contribution is 2.41. The second kappa shape index (κ2) is 11.3. The summed E-state index contributed by atoms with van der Waals surface area (Å²) >= 11 is 0. The monoisotopic (exact) mass is 609 g/mol. The predicted molar refractivity (Wildman–Crippen MR) is 136 cm³/mol. The first-order valence-electron chi connectivity index (χ1n) is 12.5. The van der Waals surface area contributed by atoms with Crippen molar-refractivity contribution in [2.45, 2.75) is 69.3 Å². The van der Waals surface area contributed by atoms with Gasteiger partial charge in [0.2, 0.25) is 0 Å². The first kappa shape index (κ1) is 32.4. The van der Waals surface area contributed by atoms with Gasteiger partial charge in [-0.2, -0.15) is 26.3 Å². The Morgan fingerprint density at radius 3 is 1.90 bits per heavy atom. The molecule has 0 aromatic heterocycles. The van der Waals surface area contributed by atoms with E-state index in [1.54, 1.807) is 0 Å². The lowest BCUT2D eigenvalue weighted by molar-refractivity contribution is -0.143. The van der Waals surface area contributed by atoms with Crippen LogP contribution in [-0.4, -0.2) is 55.7 Å². The number of halogens is 7. The number of hydrogen-bond donors (Lipinski definition) is 1. The Labute approximate surface area is 233 Å². The minimum absolute atomic E-state index is 0.117. The summed E-state index contributed by atoms with van der Waals surface area (Å²) in [5.74, 6) is -3.07. The van der Waals surface area contributed by atoms with Crippen molar-refractivity contribution in [1.29, 1.82) is 0 Å². The Bertz CT molecular complexity index is 1240. The van der Waals surface area contributed by atoms with Crippen LogP contribution in [0.4, 0.5) is 35.5 Å². The summed E-state index contributed by atoms with van der Waals surface area (Å²) in [5.41, 5.74) is -4.06. The van der Waals surface area contributed by atoms with E-state index in [0.717, 1.165) is 17.0 Å².